The highest BCUT2D eigenvalue weighted by molar-refractivity contribution is 9.10. The first-order chi connectivity index (χ1) is 13.3. The van der Waals surface area contributed by atoms with Crippen LogP contribution in [0.5, 0.6) is 17.2 Å². The molecule has 142 valence electrons. The van der Waals surface area contributed by atoms with Gasteiger partial charge in [-0.2, -0.15) is 9.94 Å². The predicted octanol–water partition coefficient (Wildman–Crippen LogP) is 2.97. The molecule has 3 aromatic rings. The van der Waals surface area contributed by atoms with Gasteiger partial charge in [-0.3, -0.25) is 9.78 Å². The summed E-state index contributed by atoms with van der Waals surface area (Å²) in [6.07, 6.45) is 0. The number of nitrogens with zero attached hydrogens (tertiary/aromatic N) is 3. The van der Waals surface area contributed by atoms with Crippen LogP contribution in [0.4, 0.5) is 0 Å². The van der Waals surface area contributed by atoms with E-state index in [9.17, 15) is 9.59 Å². The lowest BCUT2D eigenvalue weighted by Crippen LogP contribution is -2.33. The number of hydrogen-bond donors (Lipinski definition) is 1. The second kappa shape index (κ2) is 7.70. The van der Waals surface area contributed by atoms with Crippen molar-refractivity contribution >= 4 is 15.9 Å². The van der Waals surface area contributed by atoms with Crippen molar-refractivity contribution in [1.29, 1.82) is 5.26 Å². The second-order valence-electron chi connectivity index (χ2n) is 5.94. The van der Waals surface area contributed by atoms with Crippen LogP contribution in [-0.4, -0.2) is 21.9 Å². The number of aromatic nitrogens is 3. The van der Waals surface area contributed by atoms with Gasteiger partial charge in [0.25, 0.3) is 5.56 Å². The Morgan fingerprint density at radius 1 is 1.18 bits per heavy atom. The van der Waals surface area contributed by atoms with E-state index in [0.29, 0.717) is 22.9 Å². The Morgan fingerprint density at radius 3 is 2.43 bits per heavy atom. The smallest absolute Gasteiger partial charge is 0.349 e. The number of nitrogens with one attached hydrogen (secondary N) is 1. The van der Waals surface area contributed by atoms with Crippen LogP contribution < -0.4 is 20.7 Å². The summed E-state index contributed by atoms with van der Waals surface area (Å²) in [5.74, 6) is 1.92. The molecule has 1 aromatic heterocycles. The molecule has 0 atom stereocenters. The van der Waals surface area contributed by atoms with Gasteiger partial charge in [0.15, 0.2) is 0 Å². The zero-order chi connectivity index (χ0) is 20.4. The number of benzene rings is 2. The van der Waals surface area contributed by atoms with Crippen LogP contribution in [0.1, 0.15) is 16.8 Å². The first-order valence-corrected chi connectivity index (χ1v) is 8.90. The molecule has 28 heavy (non-hydrogen) atoms. The lowest BCUT2D eigenvalue weighted by Gasteiger charge is -2.15. The molecule has 1 N–H and O–H groups in total. The lowest BCUT2D eigenvalue weighted by molar-refractivity contribution is 0.410. The maximum atomic E-state index is 12.1. The zero-order valence-corrected chi connectivity index (χ0v) is 16.8. The zero-order valence-electron chi connectivity index (χ0n) is 15.2. The molecule has 0 fully saturated rings. The second-order valence-corrected chi connectivity index (χ2v) is 6.79. The standard InChI is InChI=1S/C19H15BrN4O4/c1-10-6-12(24-19(26)22-18(25)15(9-21)23-24)7-11(2)17(10)28-13-4-5-16(27-3)14(20)8-13/h4-8H,1-3H3,(H,22,25,26). The summed E-state index contributed by atoms with van der Waals surface area (Å²) in [5, 5.41) is 12.8. The summed E-state index contributed by atoms with van der Waals surface area (Å²) >= 11 is 3.42. The van der Waals surface area contributed by atoms with Crippen LogP contribution >= 0.6 is 15.9 Å². The molecule has 0 aliphatic carbocycles. The molecule has 0 saturated heterocycles. The summed E-state index contributed by atoms with van der Waals surface area (Å²) in [6.45, 7) is 3.65. The molecule has 0 radical (unpaired) electrons. The van der Waals surface area contributed by atoms with Gasteiger partial charge in [0, 0.05) is 0 Å². The fraction of sp³-hybridized carbons (Fsp3) is 0.158. The van der Waals surface area contributed by atoms with Crippen LogP contribution in [0.3, 0.4) is 0 Å². The van der Waals surface area contributed by atoms with Gasteiger partial charge in [0.1, 0.15) is 23.3 Å². The van der Waals surface area contributed by atoms with Crippen LogP contribution in [0.15, 0.2) is 44.4 Å². The first kappa shape index (κ1) is 19.4. The van der Waals surface area contributed by atoms with Gasteiger partial charge in [-0.25, -0.2) is 4.79 Å². The number of ether oxygens (including phenoxy) is 2. The average Bonchev–Trinajstić information content (AvgIpc) is 2.65. The number of halogens is 1. The molecule has 1 heterocycles. The number of rotatable bonds is 4. The van der Waals surface area contributed by atoms with Gasteiger partial charge in [-0.1, -0.05) is 0 Å². The highest BCUT2D eigenvalue weighted by Crippen LogP contribution is 2.34. The van der Waals surface area contributed by atoms with Gasteiger partial charge in [0.05, 0.1) is 17.3 Å². The van der Waals surface area contributed by atoms with E-state index in [4.69, 9.17) is 14.7 Å². The molecule has 0 aliphatic rings. The fourth-order valence-electron chi connectivity index (χ4n) is 2.69. The SMILES string of the molecule is COc1ccc(Oc2c(C)cc(-n3nc(C#N)c(=O)[nH]c3=O)cc2C)cc1Br. The number of aromatic amines is 1. The van der Waals surface area contributed by atoms with E-state index in [1.54, 1.807) is 43.5 Å². The molecule has 8 nitrogen and oxygen atoms in total. The highest BCUT2D eigenvalue weighted by Gasteiger charge is 2.13. The summed E-state index contributed by atoms with van der Waals surface area (Å²) < 4.78 is 12.9. The largest absolute Gasteiger partial charge is 0.496 e. The molecule has 3 rings (SSSR count). The molecule has 0 aliphatic heterocycles. The van der Waals surface area contributed by atoms with Crippen LogP contribution in [0.2, 0.25) is 0 Å². The fourth-order valence-corrected chi connectivity index (χ4v) is 3.21. The highest BCUT2D eigenvalue weighted by atomic mass is 79.9. The van der Waals surface area contributed by atoms with Gasteiger partial charge in [-0.05, 0) is 71.2 Å². The van der Waals surface area contributed by atoms with Crippen molar-refractivity contribution in [2.75, 3.05) is 7.11 Å². The lowest BCUT2D eigenvalue weighted by atomic mass is 10.1. The monoisotopic (exact) mass is 442 g/mol. The molecular weight excluding hydrogens is 428 g/mol. The quantitative estimate of drug-likeness (QED) is 0.664. The normalized spacial score (nSPS) is 10.4. The predicted molar refractivity (Wildman–Crippen MR) is 105 cm³/mol. The molecular formula is C19H15BrN4O4. The van der Waals surface area contributed by atoms with Crippen molar-refractivity contribution in [2.24, 2.45) is 0 Å². The Balaban J connectivity index is 2.03. The van der Waals surface area contributed by atoms with E-state index in [1.807, 2.05) is 13.8 Å². The maximum absolute atomic E-state index is 12.1. The third-order valence-electron chi connectivity index (χ3n) is 3.97. The molecule has 0 saturated carbocycles. The first-order valence-electron chi connectivity index (χ1n) is 8.11. The Kier molecular flexibility index (Phi) is 5.33. The number of aryl methyl sites for hydroxylation is 2. The Labute approximate surface area is 168 Å². The summed E-state index contributed by atoms with van der Waals surface area (Å²) in [4.78, 5) is 25.7. The van der Waals surface area contributed by atoms with E-state index in [-0.39, 0.29) is 0 Å². The minimum atomic E-state index is -0.817. The molecule has 2 aromatic carbocycles. The molecule has 0 bridgehead atoms. The van der Waals surface area contributed by atoms with Gasteiger partial charge < -0.3 is 9.47 Å². The minimum Gasteiger partial charge on any atom is -0.496 e. The van der Waals surface area contributed by atoms with Crippen LogP contribution in [-0.2, 0) is 0 Å². The van der Waals surface area contributed by atoms with Gasteiger partial charge in [0.2, 0.25) is 5.69 Å². The third-order valence-corrected chi connectivity index (χ3v) is 4.59. The summed E-state index contributed by atoms with van der Waals surface area (Å²) in [5.41, 5.74) is -0.0205. The number of hydrogen-bond acceptors (Lipinski definition) is 6. The van der Waals surface area contributed by atoms with E-state index in [0.717, 1.165) is 20.3 Å². The molecule has 0 amide bonds. The summed E-state index contributed by atoms with van der Waals surface area (Å²) in [6, 6.07) is 10.4. The van der Waals surface area contributed by atoms with Crippen molar-refractivity contribution in [2.45, 2.75) is 13.8 Å². The Hall–Kier alpha value is -3.38. The van der Waals surface area contributed by atoms with Crippen molar-refractivity contribution in [3.63, 3.8) is 0 Å². The van der Waals surface area contributed by atoms with E-state index < -0.39 is 16.9 Å². The Bertz CT molecular complexity index is 1200. The Morgan fingerprint density at radius 2 is 1.86 bits per heavy atom. The van der Waals surface area contributed by atoms with Gasteiger partial charge >= 0.3 is 5.69 Å². The number of nitriles is 1. The van der Waals surface area contributed by atoms with E-state index in [1.165, 1.54) is 0 Å². The number of methoxy groups -OCH3 is 1. The topological polar surface area (TPSA) is 110 Å². The van der Waals surface area contributed by atoms with Gasteiger partial charge in [-0.15, -0.1) is 5.10 Å². The number of H-pyrrole nitrogens is 1. The van der Waals surface area contributed by atoms with Crippen LogP contribution in [0.25, 0.3) is 5.69 Å². The maximum Gasteiger partial charge on any atom is 0.349 e. The minimum absolute atomic E-state index is 0.390. The summed E-state index contributed by atoms with van der Waals surface area (Å²) in [7, 11) is 1.58. The van der Waals surface area contributed by atoms with E-state index >= 15 is 0 Å². The third kappa shape index (κ3) is 3.68. The van der Waals surface area contributed by atoms with Crippen molar-refractivity contribution < 1.29 is 9.47 Å². The van der Waals surface area contributed by atoms with Crippen LogP contribution in [0, 0.1) is 25.2 Å². The molecule has 0 spiro atoms. The van der Waals surface area contributed by atoms with Crippen molar-refractivity contribution in [3.05, 3.63) is 72.5 Å². The average molecular weight is 443 g/mol. The molecule has 9 heteroatoms. The van der Waals surface area contributed by atoms with E-state index in [2.05, 4.69) is 26.0 Å². The van der Waals surface area contributed by atoms with Crippen molar-refractivity contribution in [3.8, 4) is 29.0 Å². The molecule has 0 unspecified atom stereocenters. The van der Waals surface area contributed by atoms with Crippen molar-refractivity contribution in [1.82, 2.24) is 14.8 Å².